The first kappa shape index (κ1) is 18.5. The van der Waals surface area contributed by atoms with Crippen molar-refractivity contribution in [1.82, 2.24) is 0 Å². The highest BCUT2D eigenvalue weighted by Gasteiger charge is 2.21. The number of benzene rings is 2. The molecule has 0 radical (unpaired) electrons. The van der Waals surface area contributed by atoms with E-state index in [1.807, 2.05) is 39.0 Å². The number of amides is 1. The number of para-hydroxylation sites is 1. The van der Waals surface area contributed by atoms with E-state index in [9.17, 15) is 9.59 Å². The van der Waals surface area contributed by atoms with Crippen molar-refractivity contribution in [3.05, 3.63) is 59.2 Å². The van der Waals surface area contributed by atoms with E-state index in [2.05, 4.69) is 5.32 Å². The van der Waals surface area contributed by atoms with Crippen molar-refractivity contribution in [1.29, 1.82) is 0 Å². The molecule has 0 fully saturated rings. The highest BCUT2D eigenvalue weighted by Crippen LogP contribution is 2.20. The maximum Gasteiger partial charge on any atom is 0.339 e. The monoisotopic (exact) mass is 341 g/mol. The van der Waals surface area contributed by atoms with Gasteiger partial charge in [-0.3, -0.25) is 4.79 Å². The van der Waals surface area contributed by atoms with Crippen molar-refractivity contribution < 1.29 is 19.1 Å². The Bertz CT molecular complexity index is 750. The third-order valence-electron chi connectivity index (χ3n) is 3.73. The summed E-state index contributed by atoms with van der Waals surface area (Å²) >= 11 is 0. The largest absolute Gasteiger partial charge is 0.481 e. The molecule has 0 aliphatic heterocycles. The lowest BCUT2D eigenvalue weighted by Crippen LogP contribution is -2.33. The van der Waals surface area contributed by atoms with Crippen LogP contribution >= 0.6 is 0 Å². The van der Waals surface area contributed by atoms with Crippen molar-refractivity contribution in [3.8, 4) is 5.75 Å². The van der Waals surface area contributed by atoms with Crippen LogP contribution in [0.4, 0.5) is 5.69 Å². The molecule has 1 atom stereocenters. The second-order valence-corrected chi connectivity index (χ2v) is 5.86. The Morgan fingerprint density at radius 2 is 1.72 bits per heavy atom. The lowest BCUT2D eigenvalue weighted by atomic mass is 10.1. The van der Waals surface area contributed by atoms with Crippen molar-refractivity contribution in [2.75, 3.05) is 12.4 Å². The molecule has 5 nitrogen and oxygen atoms in total. The van der Waals surface area contributed by atoms with E-state index in [1.54, 1.807) is 24.3 Å². The normalized spacial score (nSPS) is 11.5. The summed E-state index contributed by atoms with van der Waals surface area (Å²) in [7, 11) is 1.30. The highest BCUT2D eigenvalue weighted by molar-refractivity contribution is 6.02. The summed E-state index contributed by atoms with van der Waals surface area (Å²) < 4.78 is 10.6. The molecule has 0 unspecified atom stereocenters. The SMILES string of the molecule is CC[C@H](Oc1cc(C)cc(C)c1)C(=O)Nc1ccccc1C(=O)OC. The Hall–Kier alpha value is -2.82. The summed E-state index contributed by atoms with van der Waals surface area (Å²) in [6.07, 6.45) is -0.161. The maximum absolute atomic E-state index is 12.6. The summed E-state index contributed by atoms with van der Waals surface area (Å²) in [6.45, 7) is 5.83. The average molecular weight is 341 g/mol. The summed E-state index contributed by atoms with van der Waals surface area (Å²) in [6, 6.07) is 12.6. The van der Waals surface area contributed by atoms with Gasteiger partial charge < -0.3 is 14.8 Å². The topological polar surface area (TPSA) is 64.6 Å². The molecule has 1 N–H and O–H groups in total. The second kappa shape index (κ2) is 8.33. The smallest absolute Gasteiger partial charge is 0.339 e. The van der Waals surface area contributed by atoms with Gasteiger partial charge >= 0.3 is 5.97 Å². The molecule has 0 saturated carbocycles. The first-order valence-electron chi connectivity index (χ1n) is 8.17. The maximum atomic E-state index is 12.6. The standard InChI is InChI=1S/C20H23NO4/c1-5-18(25-15-11-13(2)10-14(3)12-15)19(22)21-17-9-7-6-8-16(17)20(23)24-4/h6-12,18H,5H2,1-4H3,(H,21,22)/t18-/m0/s1. The molecule has 2 rings (SSSR count). The van der Waals surface area contributed by atoms with Gasteiger partial charge in [0.2, 0.25) is 0 Å². The molecule has 0 spiro atoms. The van der Waals surface area contributed by atoms with Gasteiger partial charge in [0.15, 0.2) is 6.10 Å². The van der Waals surface area contributed by atoms with Crippen LogP contribution in [0.1, 0.15) is 34.8 Å². The number of ether oxygens (including phenoxy) is 2. The number of carbonyl (C=O) groups excluding carboxylic acids is 2. The van der Waals surface area contributed by atoms with Gasteiger partial charge in [-0.15, -0.1) is 0 Å². The van der Waals surface area contributed by atoms with E-state index in [1.165, 1.54) is 7.11 Å². The minimum absolute atomic E-state index is 0.305. The van der Waals surface area contributed by atoms with Crippen molar-refractivity contribution in [2.24, 2.45) is 0 Å². The van der Waals surface area contributed by atoms with Crippen LogP contribution in [0.3, 0.4) is 0 Å². The Labute approximate surface area is 148 Å². The minimum atomic E-state index is -0.660. The van der Waals surface area contributed by atoms with Gasteiger partial charge in [0, 0.05) is 0 Å². The molecule has 0 aliphatic carbocycles. The van der Waals surface area contributed by atoms with Crippen LogP contribution in [0, 0.1) is 13.8 Å². The summed E-state index contributed by atoms with van der Waals surface area (Å²) in [5.41, 5.74) is 2.85. The van der Waals surface area contributed by atoms with Gasteiger partial charge in [0.25, 0.3) is 5.91 Å². The molecule has 132 valence electrons. The number of aryl methyl sites for hydroxylation is 2. The summed E-state index contributed by atoms with van der Waals surface area (Å²) in [5, 5.41) is 2.76. The third kappa shape index (κ3) is 4.83. The van der Waals surface area contributed by atoms with Crippen molar-refractivity contribution in [3.63, 3.8) is 0 Å². The Balaban J connectivity index is 2.17. The molecule has 0 bridgehead atoms. The zero-order valence-corrected chi connectivity index (χ0v) is 15.0. The Morgan fingerprint density at radius 1 is 1.08 bits per heavy atom. The third-order valence-corrected chi connectivity index (χ3v) is 3.73. The van der Waals surface area contributed by atoms with Gasteiger partial charge in [-0.05, 0) is 55.7 Å². The van der Waals surface area contributed by atoms with Crippen LogP contribution in [0.15, 0.2) is 42.5 Å². The molecule has 0 saturated heterocycles. The predicted octanol–water partition coefficient (Wildman–Crippen LogP) is 3.89. The van der Waals surface area contributed by atoms with Crippen LogP contribution in [0.25, 0.3) is 0 Å². The number of hydrogen-bond donors (Lipinski definition) is 1. The van der Waals surface area contributed by atoms with Crippen LogP contribution < -0.4 is 10.1 Å². The minimum Gasteiger partial charge on any atom is -0.481 e. The Morgan fingerprint density at radius 3 is 2.32 bits per heavy atom. The van der Waals surface area contributed by atoms with E-state index in [0.717, 1.165) is 11.1 Å². The molecular formula is C20H23NO4. The number of esters is 1. The Kier molecular flexibility index (Phi) is 6.17. The van der Waals surface area contributed by atoms with Crippen LogP contribution in [-0.4, -0.2) is 25.1 Å². The molecule has 25 heavy (non-hydrogen) atoms. The van der Waals surface area contributed by atoms with Crippen LogP contribution in [0.5, 0.6) is 5.75 Å². The molecule has 2 aromatic carbocycles. The van der Waals surface area contributed by atoms with Gasteiger partial charge in [-0.25, -0.2) is 4.79 Å². The molecule has 0 heterocycles. The van der Waals surface area contributed by atoms with Gasteiger partial charge in [-0.2, -0.15) is 0 Å². The molecule has 2 aromatic rings. The fourth-order valence-corrected chi connectivity index (χ4v) is 2.58. The molecule has 5 heteroatoms. The molecule has 0 aromatic heterocycles. The highest BCUT2D eigenvalue weighted by atomic mass is 16.5. The zero-order valence-electron chi connectivity index (χ0n) is 15.0. The quantitative estimate of drug-likeness (QED) is 0.810. The number of hydrogen-bond acceptors (Lipinski definition) is 4. The van der Waals surface area contributed by atoms with Crippen molar-refractivity contribution in [2.45, 2.75) is 33.3 Å². The predicted molar refractivity (Wildman–Crippen MR) is 97.0 cm³/mol. The van der Waals surface area contributed by atoms with Gasteiger partial charge in [0.05, 0.1) is 18.4 Å². The molecule has 1 amide bonds. The van der Waals surface area contributed by atoms with Crippen molar-refractivity contribution >= 4 is 17.6 Å². The van der Waals surface area contributed by atoms with Gasteiger partial charge in [0.1, 0.15) is 5.75 Å². The first-order valence-corrected chi connectivity index (χ1v) is 8.17. The van der Waals surface area contributed by atoms with E-state index >= 15 is 0 Å². The fraction of sp³-hybridized carbons (Fsp3) is 0.300. The lowest BCUT2D eigenvalue weighted by Gasteiger charge is -2.19. The lowest BCUT2D eigenvalue weighted by molar-refractivity contribution is -0.122. The van der Waals surface area contributed by atoms with Crippen LogP contribution in [-0.2, 0) is 9.53 Å². The number of anilines is 1. The summed E-state index contributed by atoms with van der Waals surface area (Å²) in [5.74, 6) is -0.155. The number of carbonyl (C=O) groups is 2. The molecular weight excluding hydrogens is 318 g/mol. The first-order chi connectivity index (χ1) is 11.9. The van der Waals surface area contributed by atoms with E-state index < -0.39 is 12.1 Å². The van der Waals surface area contributed by atoms with Crippen LogP contribution in [0.2, 0.25) is 0 Å². The zero-order chi connectivity index (χ0) is 18.4. The fourth-order valence-electron chi connectivity index (χ4n) is 2.58. The van der Waals surface area contributed by atoms with E-state index in [-0.39, 0.29) is 5.91 Å². The second-order valence-electron chi connectivity index (χ2n) is 5.86. The summed E-state index contributed by atoms with van der Waals surface area (Å²) in [4.78, 5) is 24.4. The van der Waals surface area contributed by atoms with Gasteiger partial charge in [-0.1, -0.05) is 25.1 Å². The number of nitrogens with one attached hydrogen (secondary N) is 1. The molecule has 0 aliphatic rings. The van der Waals surface area contributed by atoms with E-state index in [4.69, 9.17) is 9.47 Å². The average Bonchev–Trinajstić information content (AvgIpc) is 2.58. The van der Waals surface area contributed by atoms with E-state index in [0.29, 0.717) is 23.4 Å². The number of methoxy groups -OCH3 is 1. The number of rotatable bonds is 6.